The SMILES string of the molecule is COc1ccc(S(=O)(=O)N2CCOCC2C)cc1CN. The van der Waals surface area contributed by atoms with Crippen molar-refractivity contribution in [3.05, 3.63) is 23.8 Å². The first-order chi connectivity index (χ1) is 9.50. The summed E-state index contributed by atoms with van der Waals surface area (Å²) in [5.41, 5.74) is 6.31. The summed E-state index contributed by atoms with van der Waals surface area (Å²) in [4.78, 5) is 0.243. The number of hydrogen-bond donors (Lipinski definition) is 1. The van der Waals surface area contributed by atoms with Crippen LogP contribution < -0.4 is 10.5 Å². The van der Waals surface area contributed by atoms with Gasteiger partial charge >= 0.3 is 0 Å². The Hall–Kier alpha value is -1.15. The Morgan fingerprint density at radius 3 is 2.85 bits per heavy atom. The average Bonchev–Trinajstić information content (AvgIpc) is 2.46. The Morgan fingerprint density at radius 1 is 1.50 bits per heavy atom. The smallest absolute Gasteiger partial charge is 0.243 e. The van der Waals surface area contributed by atoms with E-state index in [-0.39, 0.29) is 17.5 Å². The molecule has 0 aliphatic carbocycles. The monoisotopic (exact) mass is 300 g/mol. The molecule has 112 valence electrons. The zero-order valence-electron chi connectivity index (χ0n) is 11.7. The molecular formula is C13H20N2O4S. The van der Waals surface area contributed by atoms with E-state index in [1.807, 2.05) is 6.92 Å². The second kappa shape index (κ2) is 6.09. The molecule has 1 atom stereocenters. The van der Waals surface area contributed by atoms with Crippen LogP contribution in [0.25, 0.3) is 0 Å². The van der Waals surface area contributed by atoms with Gasteiger partial charge in [-0.3, -0.25) is 0 Å². The third kappa shape index (κ3) is 2.80. The summed E-state index contributed by atoms with van der Waals surface area (Å²) >= 11 is 0. The normalized spacial score (nSPS) is 20.9. The lowest BCUT2D eigenvalue weighted by Crippen LogP contribution is -2.46. The Labute approximate surface area is 119 Å². The highest BCUT2D eigenvalue weighted by atomic mass is 32.2. The molecule has 6 nitrogen and oxygen atoms in total. The maximum atomic E-state index is 12.7. The minimum atomic E-state index is -3.53. The molecule has 1 aliphatic rings. The van der Waals surface area contributed by atoms with E-state index in [2.05, 4.69) is 0 Å². The lowest BCUT2D eigenvalue weighted by Gasteiger charge is -2.32. The molecule has 0 bridgehead atoms. The summed E-state index contributed by atoms with van der Waals surface area (Å²) in [7, 11) is -1.99. The van der Waals surface area contributed by atoms with Crippen molar-refractivity contribution in [2.24, 2.45) is 5.73 Å². The van der Waals surface area contributed by atoms with Crippen molar-refractivity contribution in [3.8, 4) is 5.75 Å². The fourth-order valence-electron chi connectivity index (χ4n) is 2.28. The van der Waals surface area contributed by atoms with Gasteiger partial charge in [-0.25, -0.2) is 8.42 Å². The number of hydrogen-bond acceptors (Lipinski definition) is 5. The van der Waals surface area contributed by atoms with Crippen LogP contribution in [0.15, 0.2) is 23.1 Å². The van der Waals surface area contributed by atoms with E-state index in [1.54, 1.807) is 18.2 Å². The van der Waals surface area contributed by atoms with E-state index in [1.165, 1.54) is 11.4 Å². The summed E-state index contributed by atoms with van der Waals surface area (Å²) in [6, 6.07) is 4.60. The first-order valence-electron chi connectivity index (χ1n) is 6.47. The van der Waals surface area contributed by atoms with Gasteiger partial charge in [0.05, 0.1) is 25.2 Å². The van der Waals surface area contributed by atoms with Gasteiger partial charge in [0.15, 0.2) is 0 Å². The zero-order valence-corrected chi connectivity index (χ0v) is 12.5. The number of nitrogens with zero attached hydrogens (tertiary/aromatic N) is 1. The van der Waals surface area contributed by atoms with Crippen molar-refractivity contribution >= 4 is 10.0 Å². The third-order valence-electron chi connectivity index (χ3n) is 3.39. The zero-order chi connectivity index (χ0) is 14.8. The predicted molar refractivity (Wildman–Crippen MR) is 75.1 cm³/mol. The van der Waals surface area contributed by atoms with Crippen molar-refractivity contribution in [3.63, 3.8) is 0 Å². The van der Waals surface area contributed by atoms with Crippen LogP contribution in [-0.4, -0.2) is 45.6 Å². The topological polar surface area (TPSA) is 81.9 Å². The molecule has 0 amide bonds. The maximum absolute atomic E-state index is 12.7. The van der Waals surface area contributed by atoms with Crippen LogP contribution in [0.2, 0.25) is 0 Å². The van der Waals surface area contributed by atoms with Gasteiger partial charge < -0.3 is 15.2 Å². The van der Waals surface area contributed by atoms with Gasteiger partial charge in [0.25, 0.3) is 0 Å². The van der Waals surface area contributed by atoms with Gasteiger partial charge in [0, 0.05) is 24.7 Å². The molecule has 0 radical (unpaired) electrons. The number of rotatable bonds is 4. The van der Waals surface area contributed by atoms with Crippen LogP contribution in [0.5, 0.6) is 5.75 Å². The molecule has 1 heterocycles. The van der Waals surface area contributed by atoms with E-state index >= 15 is 0 Å². The van der Waals surface area contributed by atoms with Gasteiger partial charge in [0.1, 0.15) is 5.75 Å². The number of sulfonamides is 1. The highest BCUT2D eigenvalue weighted by Crippen LogP contribution is 2.26. The fraction of sp³-hybridized carbons (Fsp3) is 0.538. The van der Waals surface area contributed by atoms with Gasteiger partial charge in [0.2, 0.25) is 10.0 Å². The summed E-state index contributed by atoms with van der Waals surface area (Å²) in [6.45, 7) is 3.27. The third-order valence-corrected chi connectivity index (χ3v) is 5.39. The molecule has 1 unspecified atom stereocenters. The molecular weight excluding hydrogens is 280 g/mol. The van der Waals surface area contributed by atoms with Crippen molar-refractivity contribution < 1.29 is 17.9 Å². The number of nitrogens with two attached hydrogens (primary N) is 1. The summed E-state index contributed by atoms with van der Waals surface area (Å²) in [5.74, 6) is 0.599. The molecule has 0 aromatic heterocycles. The molecule has 2 N–H and O–H groups in total. The fourth-order valence-corrected chi connectivity index (χ4v) is 3.93. The Balaban J connectivity index is 2.38. The highest BCUT2D eigenvalue weighted by Gasteiger charge is 2.31. The molecule has 7 heteroatoms. The second-order valence-electron chi connectivity index (χ2n) is 4.72. The van der Waals surface area contributed by atoms with Crippen LogP contribution in [0.3, 0.4) is 0 Å². The number of ether oxygens (including phenoxy) is 2. The lowest BCUT2D eigenvalue weighted by atomic mass is 10.2. The van der Waals surface area contributed by atoms with Crippen molar-refractivity contribution in [1.82, 2.24) is 4.31 Å². The first-order valence-corrected chi connectivity index (χ1v) is 7.91. The van der Waals surface area contributed by atoms with Gasteiger partial charge in [-0.05, 0) is 25.1 Å². The van der Waals surface area contributed by atoms with Crippen LogP contribution >= 0.6 is 0 Å². The molecule has 0 saturated carbocycles. The Morgan fingerprint density at radius 2 is 2.25 bits per heavy atom. The van der Waals surface area contributed by atoms with Crippen molar-refractivity contribution in [1.29, 1.82) is 0 Å². The van der Waals surface area contributed by atoms with Crippen LogP contribution in [0, 0.1) is 0 Å². The van der Waals surface area contributed by atoms with Crippen LogP contribution in [0.4, 0.5) is 0 Å². The van der Waals surface area contributed by atoms with E-state index in [0.29, 0.717) is 31.1 Å². The molecule has 1 fully saturated rings. The minimum absolute atomic E-state index is 0.169. The quantitative estimate of drug-likeness (QED) is 0.879. The minimum Gasteiger partial charge on any atom is -0.496 e. The van der Waals surface area contributed by atoms with E-state index in [4.69, 9.17) is 15.2 Å². The molecule has 0 spiro atoms. The standard InChI is InChI=1S/C13H20N2O4S/c1-10-9-19-6-5-15(10)20(16,17)12-3-4-13(18-2)11(7-12)8-14/h3-4,7,10H,5-6,8-9,14H2,1-2H3. The number of morpholine rings is 1. The molecule has 1 saturated heterocycles. The summed E-state index contributed by atoms with van der Waals surface area (Å²) in [6.07, 6.45) is 0. The number of methoxy groups -OCH3 is 1. The Bertz CT molecular complexity index is 574. The van der Waals surface area contributed by atoms with Crippen LogP contribution in [0.1, 0.15) is 12.5 Å². The maximum Gasteiger partial charge on any atom is 0.243 e. The largest absolute Gasteiger partial charge is 0.496 e. The van der Waals surface area contributed by atoms with Crippen molar-refractivity contribution in [2.75, 3.05) is 26.9 Å². The molecule has 1 aromatic carbocycles. The van der Waals surface area contributed by atoms with E-state index in [9.17, 15) is 8.42 Å². The van der Waals surface area contributed by atoms with Gasteiger partial charge in [-0.2, -0.15) is 4.31 Å². The highest BCUT2D eigenvalue weighted by molar-refractivity contribution is 7.89. The number of benzene rings is 1. The van der Waals surface area contributed by atoms with Crippen LogP contribution in [-0.2, 0) is 21.3 Å². The lowest BCUT2D eigenvalue weighted by molar-refractivity contribution is 0.0392. The van der Waals surface area contributed by atoms with Crippen molar-refractivity contribution in [2.45, 2.75) is 24.4 Å². The van der Waals surface area contributed by atoms with Gasteiger partial charge in [-0.1, -0.05) is 0 Å². The van der Waals surface area contributed by atoms with E-state index < -0.39 is 10.0 Å². The first kappa shape index (κ1) is 15.2. The molecule has 2 rings (SSSR count). The molecule has 1 aromatic rings. The second-order valence-corrected chi connectivity index (χ2v) is 6.61. The average molecular weight is 300 g/mol. The summed E-state index contributed by atoms with van der Waals surface area (Å²) < 4.78 is 37.2. The molecule has 1 aliphatic heterocycles. The Kier molecular flexibility index (Phi) is 4.64. The van der Waals surface area contributed by atoms with Gasteiger partial charge in [-0.15, -0.1) is 0 Å². The predicted octanol–water partition coefficient (Wildman–Crippen LogP) is 0.563. The van der Waals surface area contributed by atoms with E-state index in [0.717, 1.165) is 0 Å². The molecule has 20 heavy (non-hydrogen) atoms. The summed E-state index contributed by atoms with van der Waals surface area (Å²) in [5, 5.41) is 0.